The normalized spacial score (nSPS) is 15.0. The SMILES string of the molecule is CC(CCCC(C)C(=O)O)NC(=O)NC(C)c1ncc[nH]1. The highest BCUT2D eigenvalue weighted by Crippen LogP contribution is 2.10. The van der Waals surface area contributed by atoms with Gasteiger partial charge in [-0.1, -0.05) is 13.3 Å². The summed E-state index contributed by atoms with van der Waals surface area (Å²) in [5, 5.41) is 14.4. The Balaban J connectivity index is 2.23. The third-order valence-corrected chi connectivity index (χ3v) is 3.35. The molecule has 0 bridgehead atoms. The highest BCUT2D eigenvalue weighted by atomic mass is 16.4. The van der Waals surface area contributed by atoms with Gasteiger partial charge in [0.15, 0.2) is 0 Å². The molecule has 0 fully saturated rings. The number of rotatable bonds is 8. The van der Waals surface area contributed by atoms with Gasteiger partial charge in [-0.25, -0.2) is 9.78 Å². The summed E-state index contributed by atoms with van der Waals surface area (Å²) in [6, 6.07) is -0.452. The van der Waals surface area contributed by atoms with E-state index in [1.807, 2.05) is 13.8 Å². The molecule has 0 saturated heterocycles. The van der Waals surface area contributed by atoms with E-state index in [0.717, 1.165) is 12.8 Å². The molecule has 1 aromatic heterocycles. The first-order valence-electron chi connectivity index (χ1n) is 7.19. The van der Waals surface area contributed by atoms with Gasteiger partial charge in [0, 0.05) is 18.4 Å². The summed E-state index contributed by atoms with van der Waals surface area (Å²) in [6.07, 6.45) is 5.48. The van der Waals surface area contributed by atoms with Crippen molar-refractivity contribution in [3.63, 3.8) is 0 Å². The van der Waals surface area contributed by atoms with E-state index in [0.29, 0.717) is 12.2 Å². The molecule has 0 aromatic carbocycles. The third kappa shape index (κ3) is 6.29. The smallest absolute Gasteiger partial charge is 0.315 e. The van der Waals surface area contributed by atoms with Crippen molar-refractivity contribution in [1.82, 2.24) is 20.6 Å². The van der Waals surface area contributed by atoms with Crippen LogP contribution in [0, 0.1) is 5.92 Å². The van der Waals surface area contributed by atoms with Gasteiger partial charge in [0.05, 0.1) is 12.0 Å². The van der Waals surface area contributed by atoms with Gasteiger partial charge in [0.2, 0.25) is 0 Å². The number of imidazole rings is 1. The first-order valence-corrected chi connectivity index (χ1v) is 7.19. The van der Waals surface area contributed by atoms with E-state index >= 15 is 0 Å². The van der Waals surface area contributed by atoms with Crippen molar-refractivity contribution in [3.05, 3.63) is 18.2 Å². The standard InChI is InChI=1S/C14H24N4O3/c1-9(13(19)20)5-4-6-10(2)17-14(21)18-11(3)12-15-7-8-16-12/h7-11H,4-6H2,1-3H3,(H,15,16)(H,19,20)(H2,17,18,21). The number of carbonyl (C=O) groups excluding carboxylic acids is 1. The number of aromatic amines is 1. The Bertz CT molecular complexity index is 447. The van der Waals surface area contributed by atoms with Crippen LogP contribution in [0.4, 0.5) is 4.79 Å². The van der Waals surface area contributed by atoms with Crippen LogP contribution in [-0.2, 0) is 4.79 Å². The number of urea groups is 1. The van der Waals surface area contributed by atoms with Crippen molar-refractivity contribution >= 4 is 12.0 Å². The summed E-state index contributed by atoms with van der Waals surface area (Å²) in [5.74, 6) is -0.418. The molecule has 0 aliphatic carbocycles. The first kappa shape index (κ1) is 17.0. The predicted octanol–water partition coefficient (Wildman–Crippen LogP) is 2.05. The molecule has 21 heavy (non-hydrogen) atoms. The van der Waals surface area contributed by atoms with Gasteiger partial charge < -0.3 is 20.7 Å². The van der Waals surface area contributed by atoms with Crippen molar-refractivity contribution < 1.29 is 14.7 Å². The minimum absolute atomic E-state index is 0.00482. The van der Waals surface area contributed by atoms with E-state index in [4.69, 9.17) is 5.11 Å². The third-order valence-electron chi connectivity index (χ3n) is 3.35. The van der Waals surface area contributed by atoms with E-state index in [2.05, 4.69) is 20.6 Å². The van der Waals surface area contributed by atoms with Crippen molar-refractivity contribution in [2.24, 2.45) is 5.92 Å². The fourth-order valence-corrected chi connectivity index (χ4v) is 1.97. The van der Waals surface area contributed by atoms with Crippen LogP contribution in [0.15, 0.2) is 12.4 Å². The number of nitrogens with one attached hydrogen (secondary N) is 3. The second kappa shape index (κ2) is 8.28. The number of aliphatic carboxylic acids is 1. The number of carboxylic acids is 1. The molecule has 0 saturated carbocycles. The first-order chi connectivity index (χ1) is 9.90. The topological polar surface area (TPSA) is 107 Å². The second-order valence-corrected chi connectivity index (χ2v) is 5.39. The Kier molecular flexibility index (Phi) is 6.71. The molecule has 3 unspecified atom stereocenters. The zero-order valence-corrected chi connectivity index (χ0v) is 12.7. The summed E-state index contributed by atoms with van der Waals surface area (Å²) < 4.78 is 0. The number of nitrogens with zero attached hydrogens (tertiary/aromatic N) is 1. The fraction of sp³-hybridized carbons (Fsp3) is 0.643. The highest BCUT2D eigenvalue weighted by molar-refractivity contribution is 5.74. The molecular formula is C14H24N4O3. The molecule has 118 valence electrons. The minimum atomic E-state index is -0.777. The lowest BCUT2D eigenvalue weighted by Gasteiger charge is -2.17. The minimum Gasteiger partial charge on any atom is -0.481 e. The van der Waals surface area contributed by atoms with E-state index < -0.39 is 5.97 Å². The molecule has 3 atom stereocenters. The molecule has 0 aliphatic rings. The molecule has 7 heteroatoms. The lowest BCUT2D eigenvalue weighted by atomic mass is 10.0. The Morgan fingerprint density at radius 3 is 2.57 bits per heavy atom. The number of carboxylic acid groups (broad SMARTS) is 1. The van der Waals surface area contributed by atoms with Crippen molar-refractivity contribution in [2.45, 2.75) is 52.1 Å². The average Bonchev–Trinajstić information content (AvgIpc) is 2.91. The number of aromatic nitrogens is 2. The highest BCUT2D eigenvalue weighted by Gasteiger charge is 2.14. The zero-order chi connectivity index (χ0) is 15.8. The van der Waals surface area contributed by atoms with E-state index in [9.17, 15) is 9.59 Å². The van der Waals surface area contributed by atoms with Gasteiger partial charge in [-0.3, -0.25) is 4.79 Å². The predicted molar refractivity (Wildman–Crippen MR) is 78.8 cm³/mol. The van der Waals surface area contributed by atoms with Crippen LogP contribution in [0.2, 0.25) is 0 Å². The van der Waals surface area contributed by atoms with Crippen LogP contribution in [0.1, 0.15) is 51.9 Å². The Hall–Kier alpha value is -2.05. The van der Waals surface area contributed by atoms with Crippen LogP contribution in [0.3, 0.4) is 0 Å². The summed E-state index contributed by atoms with van der Waals surface area (Å²) in [6.45, 7) is 5.44. The van der Waals surface area contributed by atoms with Crippen LogP contribution >= 0.6 is 0 Å². The molecule has 1 heterocycles. The van der Waals surface area contributed by atoms with Crippen LogP contribution < -0.4 is 10.6 Å². The molecule has 1 aromatic rings. The summed E-state index contributed by atoms with van der Waals surface area (Å²) in [5.41, 5.74) is 0. The number of hydrogen-bond acceptors (Lipinski definition) is 3. The van der Waals surface area contributed by atoms with Crippen molar-refractivity contribution in [2.75, 3.05) is 0 Å². The fourth-order valence-electron chi connectivity index (χ4n) is 1.97. The van der Waals surface area contributed by atoms with Gasteiger partial charge in [0.25, 0.3) is 0 Å². The summed E-state index contributed by atoms with van der Waals surface area (Å²) in [7, 11) is 0. The van der Waals surface area contributed by atoms with E-state index in [-0.39, 0.29) is 24.0 Å². The maximum Gasteiger partial charge on any atom is 0.315 e. The van der Waals surface area contributed by atoms with Crippen LogP contribution in [-0.4, -0.2) is 33.1 Å². The number of amides is 2. The van der Waals surface area contributed by atoms with E-state index in [1.54, 1.807) is 19.3 Å². The molecular weight excluding hydrogens is 272 g/mol. The van der Waals surface area contributed by atoms with Gasteiger partial charge in [-0.05, 0) is 26.7 Å². The molecule has 7 nitrogen and oxygen atoms in total. The maximum atomic E-state index is 11.8. The Morgan fingerprint density at radius 2 is 2.00 bits per heavy atom. The van der Waals surface area contributed by atoms with E-state index in [1.165, 1.54) is 0 Å². The largest absolute Gasteiger partial charge is 0.481 e. The molecule has 0 radical (unpaired) electrons. The van der Waals surface area contributed by atoms with Crippen molar-refractivity contribution in [3.8, 4) is 0 Å². The lowest BCUT2D eigenvalue weighted by molar-refractivity contribution is -0.141. The number of carbonyl (C=O) groups is 2. The zero-order valence-electron chi connectivity index (χ0n) is 12.7. The molecule has 2 amide bonds. The monoisotopic (exact) mass is 296 g/mol. The van der Waals surface area contributed by atoms with Gasteiger partial charge >= 0.3 is 12.0 Å². The maximum absolute atomic E-state index is 11.8. The number of H-pyrrole nitrogens is 1. The Labute approximate surface area is 124 Å². The van der Waals surface area contributed by atoms with Gasteiger partial charge in [0.1, 0.15) is 5.82 Å². The lowest BCUT2D eigenvalue weighted by Crippen LogP contribution is -2.42. The Morgan fingerprint density at radius 1 is 1.29 bits per heavy atom. The van der Waals surface area contributed by atoms with Gasteiger partial charge in [-0.2, -0.15) is 0 Å². The van der Waals surface area contributed by atoms with Crippen LogP contribution in [0.25, 0.3) is 0 Å². The average molecular weight is 296 g/mol. The quantitative estimate of drug-likeness (QED) is 0.589. The molecule has 4 N–H and O–H groups in total. The van der Waals surface area contributed by atoms with Gasteiger partial charge in [-0.15, -0.1) is 0 Å². The van der Waals surface area contributed by atoms with Crippen molar-refractivity contribution in [1.29, 1.82) is 0 Å². The van der Waals surface area contributed by atoms with Crippen LogP contribution in [0.5, 0.6) is 0 Å². The second-order valence-electron chi connectivity index (χ2n) is 5.39. The molecule has 0 spiro atoms. The molecule has 0 aliphatic heterocycles. The summed E-state index contributed by atoms with van der Waals surface area (Å²) >= 11 is 0. The number of hydrogen-bond donors (Lipinski definition) is 4. The molecule has 1 rings (SSSR count). The summed E-state index contributed by atoms with van der Waals surface area (Å²) in [4.78, 5) is 29.5.